The summed E-state index contributed by atoms with van der Waals surface area (Å²) in [6.45, 7) is 9.70. The second-order valence-electron chi connectivity index (χ2n) is 2.01. The largest absolute Gasteiger partial charge is 0.265 e. The maximum Gasteiger partial charge on any atom is 0.0264 e. The zero-order valence-corrected chi connectivity index (χ0v) is 7.88. The first-order chi connectivity index (χ1) is 5.33. The third kappa shape index (κ3) is 27.2. The molecule has 0 aliphatic rings. The van der Waals surface area contributed by atoms with Gasteiger partial charge in [0.15, 0.2) is 0 Å². The third-order valence-electron chi connectivity index (χ3n) is 0.970. The number of hydrogen-bond acceptors (Lipinski definition) is 1. The molecule has 0 fully saturated rings. The molecule has 0 aromatic rings. The molecule has 0 atom stereocenters. The van der Waals surface area contributed by atoms with E-state index in [2.05, 4.69) is 25.4 Å². The van der Waals surface area contributed by atoms with Gasteiger partial charge in [-0.05, 0) is 13.0 Å². The SMILES string of the molecule is C=CN=C/C=C\C.CCCC. The summed E-state index contributed by atoms with van der Waals surface area (Å²) < 4.78 is 0. The molecule has 64 valence electrons. The third-order valence-corrected chi connectivity index (χ3v) is 0.970. The lowest BCUT2D eigenvalue weighted by atomic mass is 10.4. The minimum atomic E-state index is 1.32. The van der Waals surface area contributed by atoms with Gasteiger partial charge in [-0.15, -0.1) is 0 Å². The zero-order chi connectivity index (χ0) is 8.95. The molecule has 0 unspecified atom stereocenters. The fourth-order valence-corrected chi connectivity index (χ4v) is 0.197. The van der Waals surface area contributed by atoms with Crippen molar-refractivity contribution >= 4 is 6.21 Å². The molecule has 0 saturated heterocycles. The monoisotopic (exact) mass is 153 g/mol. The van der Waals surface area contributed by atoms with Crippen molar-refractivity contribution in [1.82, 2.24) is 0 Å². The van der Waals surface area contributed by atoms with Crippen LogP contribution in [-0.2, 0) is 0 Å². The molecule has 0 amide bonds. The molecule has 0 N–H and O–H groups in total. The molecule has 0 aliphatic heterocycles. The van der Waals surface area contributed by atoms with Gasteiger partial charge < -0.3 is 0 Å². The van der Waals surface area contributed by atoms with E-state index in [1.54, 1.807) is 6.21 Å². The van der Waals surface area contributed by atoms with Gasteiger partial charge in [0.05, 0.1) is 0 Å². The van der Waals surface area contributed by atoms with Crippen LogP contribution < -0.4 is 0 Å². The van der Waals surface area contributed by atoms with Crippen molar-refractivity contribution in [3.8, 4) is 0 Å². The fraction of sp³-hybridized carbons (Fsp3) is 0.500. The second-order valence-corrected chi connectivity index (χ2v) is 2.01. The summed E-state index contributed by atoms with van der Waals surface area (Å²) in [5, 5.41) is 0. The van der Waals surface area contributed by atoms with Crippen molar-refractivity contribution in [2.75, 3.05) is 0 Å². The van der Waals surface area contributed by atoms with Crippen LogP contribution in [-0.4, -0.2) is 6.21 Å². The van der Waals surface area contributed by atoms with Crippen LogP contribution in [0.25, 0.3) is 0 Å². The van der Waals surface area contributed by atoms with Crippen molar-refractivity contribution in [3.63, 3.8) is 0 Å². The van der Waals surface area contributed by atoms with E-state index < -0.39 is 0 Å². The highest BCUT2D eigenvalue weighted by Crippen LogP contribution is 1.76. The Morgan fingerprint density at radius 2 is 1.82 bits per heavy atom. The molecular formula is C10H19N. The molecule has 11 heavy (non-hydrogen) atoms. The van der Waals surface area contributed by atoms with E-state index in [0.29, 0.717) is 0 Å². The molecule has 0 rings (SSSR count). The lowest BCUT2D eigenvalue weighted by Crippen LogP contribution is -1.55. The van der Waals surface area contributed by atoms with Gasteiger partial charge >= 0.3 is 0 Å². The van der Waals surface area contributed by atoms with Crippen LogP contribution in [0.4, 0.5) is 0 Å². The average molecular weight is 153 g/mol. The maximum absolute atomic E-state index is 3.71. The van der Waals surface area contributed by atoms with Gasteiger partial charge in [-0.25, -0.2) is 0 Å². The number of hydrogen-bond donors (Lipinski definition) is 0. The Kier molecular flexibility index (Phi) is 18.7. The minimum Gasteiger partial charge on any atom is -0.265 e. The van der Waals surface area contributed by atoms with Crippen LogP contribution in [0.2, 0.25) is 0 Å². The predicted octanol–water partition coefficient (Wildman–Crippen LogP) is 3.58. The quantitative estimate of drug-likeness (QED) is 0.549. The van der Waals surface area contributed by atoms with Crippen molar-refractivity contribution in [2.45, 2.75) is 33.6 Å². The molecule has 0 spiro atoms. The molecular weight excluding hydrogens is 134 g/mol. The number of nitrogens with zero attached hydrogens (tertiary/aromatic N) is 1. The van der Waals surface area contributed by atoms with Crippen LogP contribution >= 0.6 is 0 Å². The second kappa shape index (κ2) is 16.1. The summed E-state index contributed by atoms with van der Waals surface area (Å²) >= 11 is 0. The van der Waals surface area contributed by atoms with Crippen LogP contribution in [0.15, 0.2) is 29.9 Å². The van der Waals surface area contributed by atoms with E-state index >= 15 is 0 Å². The number of unbranched alkanes of at least 4 members (excludes halogenated alkanes) is 1. The van der Waals surface area contributed by atoms with E-state index in [-0.39, 0.29) is 0 Å². The molecule has 1 nitrogen and oxygen atoms in total. The topological polar surface area (TPSA) is 12.4 Å². The van der Waals surface area contributed by atoms with Gasteiger partial charge in [0.2, 0.25) is 0 Å². The van der Waals surface area contributed by atoms with Crippen LogP contribution in [0.1, 0.15) is 33.6 Å². The molecule has 1 heteroatoms. The van der Waals surface area contributed by atoms with Crippen molar-refractivity contribution in [2.24, 2.45) is 4.99 Å². The Labute approximate surface area is 70.5 Å². The number of aliphatic imine (C=N–C) groups is 1. The summed E-state index contributed by atoms with van der Waals surface area (Å²) in [6, 6.07) is 0. The molecule has 0 aromatic carbocycles. The van der Waals surface area contributed by atoms with Crippen molar-refractivity contribution in [3.05, 3.63) is 24.9 Å². The number of allylic oxidation sites excluding steroid dienone is 2. The van der Waals surface area contributed by atoms with Gasteiger partial charge in [0.1, 0.15) is 0 Å². The molecule has 0 aliphatic carbocycles. The maximum atomic E-state index is 3.71. The Bertz CT molecular complexity index is 110. The fourth-order valence-electron chi connectivity index (χ4n) is 0.197. The van der Waals surface area contributed by atoms with Crippen molar-refractivity contribution < 1.29 is 0 Å². The van der Waals surface area contributed by atoms with Gasteiger partial charge in [-0.1, -0.05) is 39.3 Å². The van der Waals surface area contributed by atoms with E-state index in [4.69, 9.17) is 0 Å². The van der Waals surface area contributed by atoms with Gasteiger partial charge in [0.25, 0.3) is 0 Å². The predicted molar refractivity (Wildman–Crippen MR) is 54.1 cm³/mol. The summed E-state index contributed by atoms with van der Waals surface area (Å²) in [6.07, 6.45) is 9.58. The highest BCUT2D eigenvalue weighted by Gasteiger charge is 1.56. The summed E-state index contributed by atoms with van der Waals surface area (Å²) in [4.78, 5) is 3.71. The first kappa shape index (κ1) is 12.8. The normalized spacial score (nSPS) is 9.73. The Morgan fingerprint density at radius 3 is 2.09 bits per heavy atom. The van der Waals surface area contributed by atoms with Crippen LogP contribution in [0.5, 0.6) is 0 Å². The van der Waals surface area contributed by atoms with Crippen LogP contribution in [0, 0.1) is 0 Å². The highest BCUT2D eigenvalue weighted by molar-refractivity contribution is 5.71. The van der Waals surface area contributed by atoms with Gasteiger partial charge in [0, 0.05) is 12.4 Å². The first-order valence-electron chi connectivity index (χ1n) is 4.08. The van der Waals surface area contributed by atoms with Gasteiger partial charge in [-0.3, -0.25) is 4.99 Å². The first-order valence-corrected chi connectivity index (χ1v) is 4.08. The van der Waals surface area contributed by atoms with Crippen molar-refractivity contribution in [1.29, 1.82) is 0 Å². The summed E-state index contributed by atoms with van der Waals surface area (Å²) in [7, 11) is 0. The highest BCUT2D eigenvalue weighted by atomic mass is 14.6. The molecule has 0 saturated carbocycles. The standard InChI is InChI=1S/C6H9N.C4H10/c1-3-5-6-7-4-2;1-3-4-2/h3-6H,2H2,1H3;3-4H2,1-2H3/b5-3-,7-6?;. The summed E-state index contributed by atoms with van der Waals surface area (Å²) in [5.41, 5.74) is 0. The zero-order valence-electron chi connectivity index (χ0n) is 7.88. The average Bonchev–Trinajstić information content (AvgIpc) is 2.06. The summed E-state index contributed by atoms with van der Waals surface area (Å²) in [5.74, 6) is 0. The molecule has 0 heterocycles. The van der Waals surface area contributed by atoms with Crippen LogP contribution in [0.3, 0.4) is 0 Å². The van der Waals surface area contributed by atoms with E-state index in [0.717, 1.165) is 0 Å². The number of rotatable bonds is 3. The Balaban J connectivity index is 0. The Morgan fingerprint density at radius 1 is 1.27 bits per heavy atom. The van der Waals surface area contributed by atoms with E-state index in [1.165, 1.54) is 19.0 Å². The van der Waals surface area contributed by atoms with Gasteiger partial charge in [-0.2, -0.15) is 0 Å². The van der Waals surface area contributed by atoms with E-state index in [9.17, 15) is 0 Å². The molecule has 0 radical (unpaired) electrons. The lowest BCUT2D eigenvalue weighted by molar-refractivity contribution is 0.886. The lowest BCUT2D eigenvalue weighted by Gasteiger charge is -1.68. The molecule has 0 bridgehead atoms. The molecule has 0 aromatic heterocycles. The smallest absolute Gasteiger partial charge is 0.0264 e. The van der Waals surface area contributed by atoms with E-state index in [1.807, 2.05) is 19.1 Å². The Hall–Kier alpha value is -0.850. The minimum absolute atomic E-state index is 1.32.